The zero-order valence-corrected chi connectivity index (χ0v) is 14.9. The third kappa shape index (κ3) is 4.54. The number of anilines is 1. The number of sulfonamides is 1. The van der Waals surface area contributed by atoms with E-state index in [1.807, 2.05) is 39.0 Å². The molecule has 23 heavy (non-hydrogen) atoms. The normalized spacial score (nSPS) is 17.2. The van der Waals surface area contributed by atoms with E-state index in [-0.39, 0.29) is 17.6 Å². The van der Waals surface area contributed by atoms with Crippen molar-refractivity contribution in [3.05, 3.63) is 29.3 Å². The third-order valence-electron chi connectivity index (χ3n) is 4.45. The van der Waals surface area contributed by atoms with Gasteiger partial charge in [0.15, 0.2) is 0 Å². The highest BCUT2D eigenvalue weighted by atomic mass is 32.2. The molecule has 0 saturated carbocycles. The lowest BCUT2D eigenvalue weighted by Crippen LogP contribution is -2.42. The van der Waals surface area contributed by atoms with E-state index < -0.39 is 10.0 Å². The molecule has 1 aromatic rings. The van der Waals surface area contributed by atoms with Gasteiger partial charge in [-0.15, -0.1) is 0 Å². The highest BCUT2D eigenvalue weighted by molar-refractivity contribution is 7.89. The van der Waals surface area contributed by atoms with E-state index in [1.165, 1.54) is 9.87 Å². The van der Waals surface area contributed by atoms with Crippen molar-refractivity contribution < 1.29 is 13.2 Å². The van der Waals surface area contributed by atoms with E-state index in [1.54, 1.807) is 0 Å². The molecule has 1 aliphatic rings. The van der Waals surface area contributed by atoms with Crippen molar-refractivity contribution in [1.82, 2.24) is 4.31 Å². The van der Waals surface area contributed by atoms with Crippen LogP contribution < -0.4 is 5.32 Å². The maximum Gasteiger partial charge on any atom is 0.227 e. The van der Waals surface area contributed by atoms with Gasteiger partial charge in [-0.1, -0.05) is 13.0 Å². The third-order valence-corrected chi connectivity index (χ3v) is 6.53. The Morgan fingerprint density at radius 3 is 2.43 bits per heavy atom. The van der Waals surface area contributed by atoms with Crippen LogP contribution in [0.3, 0.4) is 0 Å². The van der Waals surface area contributed by atoms with Gasteiger partial charge in [0.1, 0.15) is 0 Å². The molecule has 1 N–H and O–H groups in total. The first kappa shape index (κ1) is 17.9. The molecule has 5 nitrogen and oxygen atoms in total. The smallest absolute Gasteiger partial charge is 0.227 e. The van der Waals surface area contributed by atoms with Crippen LogP contribution in [0, 0.1) is 19.8 Å². The van der Waals surface area contributed by atoms with Gasteiger partial charge in [-0.05, 0) is 56.4 Å². The Bertz CT molecular complexity index is 662. The Labute approximate surface area is 139 Å². The van der Waals surface area contributed by atoms with E-state index in [0.29, 0.717) is 32.4 Å². The van der Waals surface area contributed by atoms with E-state index in [0.717, 1.165) is 11.3 Å². The fraction of sp³-hybridized carbons (Fsp3) is 0.588. The van der Waals surface area contributed by atoms with Crippen molar-refractivity contribution in [3.63, 3.8) is 0 Å². The summed E-state index contributed by atoms with van der Waals surface area (Å²) in [5.74, 6) is 0.0532. The molecule has 0 spiro atoms. The fourth-order valence-electron chi connectivity index (χ4n) is 2.85. The van der Waals surface area contributed by atoms with Gasteiger partial charge < -0.3 is 5.32 Å². The molecule has 1 saturated heterocycles. The molecule has 2 rings (SSSR count). The standard InChI is InChI=1S/C17H26N2O3S/c1-4-11-23(21,22)19-9-7-15(8-10-19)17(20)18-16-6-5-13(2)14(3)12-16/h5-6,12,15H,4,7-11H2,1-3H3,(H,18,20). The molecule has 0 radical (unpaired) electrons. The van der Waals surface area contributed by atoms with Crippen LogP contribution >= 0.6 is 0 Å². The first-order valence-electron chi connectivity index (χ1n) is 8.19. The fourth-order valence-corrected chi connectivity index (χ4v) is 4.39. The van der Waals surface area contributed by atoms with Gasteiger partial charge in [-0.2, -0.15) is 0 Å². The summed E-state index contributed by atoms with van der Waals surface area (Å²) in [6, 6.07) is 5.86. The number of rotatable bonds is 5. The molecule has 1 aliphatic heterocycles. The number of nitrogens with one attached hydrogen (secondary N) is 1. The predicted octanol–water partition coefficient (Wildman–Crippen LogP) is 2.69. The molecule has 0 aliphatic carbocycles. The first-order chi connectivity index (χ1) is 10.8. The maximum absolute atomic E-state index is 12.4. The SMILES string of the molecule is CCCS(=O)(=O)N1CCC(C(=O)Nc2ccc(C)c(C)c2)CC1. The summed E-state index contributed by atoms with van der Waals surface area (Å²) in [6.45, 7) is 6.79. The summed E-state index contributed by atoms with van der Waals surface area (Å²) < 4.78 is 25.6. The monoisotopic (exact) mass is 338 g/mol. The number of benzene rings is 1. The van der Waals surface area contributed by atoms with Gasteiger partial charge >= 0.3 is 0 Å². The predicted molar refractivity (Wildman–Crippen MR) is 92.9 cm³/mol. The number of amides is 1. The first-order valence-corrected chi connectivity index (χ1v) is 9.80. The Morgan fingerprint density at radius 1 is 1.22 bits per heavy atom. The van der Waals surface area contributed by atoms with Crippen LogP contribution in [0.4, 0.5) is 5.69 Å². The van der Waals surface area contributed by atoms with Crippen LogP contribution in [0.2, 0.25) is 0 Å². The number of aryl methyl sites for hydroxylation is 2. The summed E-state index contributed by atoms with van der Waals surface area (Å²) in [4.78, 5) is 12.4. The Kier molecular flexibility index (Phi) is 5.81. The maximum atomic E-state index is 12.4. The van der Waals surface area contributed by atoms with Crippen LogP contribution in [0.25, 0.3) is 0 Å². The van der Waals surface area contributed by atoms with Gasteiger partial charge in [0, 0.05) is 24.7 Å². The average molecular weight is 338 g/mol. The summed E-state index contributed by atoms with van der Waals surface area (Å²) in [6.07, 6.45) is 1.79. The molecule has 0 bridgehead atoms. The molecule has 1 fully saturated rings. The van der Waals surface area contributed by atoms with Crippen molar-refractivity contribution in [3.8, 4) is 0 Å². The molecule has 0 atom stereocenters. The second-order valence-corrected chi connectivity index (χ2v) is 8.37. The number of hydrogen-bond donors (Lipinski definition) is 1. The van der Waals surface area contributed by atoms with Crippen molar-refractivity contribution in [1.29, 1.82) is 0 Å². The summed E-state index contributed by atoms with van der Waals surface area (Å²) in [7, 11) is -3.15. The van der Waals surface area contributed by atoms with Crippen LogP contribution in [0.15, 0.2) is 18.2 Å². The van der Waals surface area contributed by atoms with E-state index in [2.05, 4.69) is 5.32 Å². The molecule has 1 heterocycles. The largest absolute Gasteiger partial charge is 0.326 e. The van der Waals surface area contributed by atoms with E-state index in [9.17, 15) is 13.2 Å². The zero-order valence-electron chi connectivity index (χ0n) is 14.1. The lowest BCUT2D eigenvalue weighted by Gasteiger charge is -2.30. The number of carbonyl (C=O) groups is 1. The second kappa shape index (κ2) is 7.45. The minimum absolute atomic E-state index is 0.0132. The zero-order chi connectivity index (χ0) is 17.0. The average Bonchev–Trinajstić information content (AvgIpc) is 2.51. The molecule has 1 aromatic carbocycles. The molecule has 128 valence electrons. The van der Waals surface area contributed by atoms with Crippen molar-refractivity contribution >= 4 is 21.6 Å². The van der Waals surface area contributed by atoms with E-state index >= 15 is 0 Å². The molecule has 0 aromatic heterocycles. The summed E-state index contributed by atoms with van der Waals surface area (Å²) in [5, 5.41) is 2.95. The Morgan fingerprint density at radius 2 is 1.87 bits per heavy atom. The van der Waals surface area contributed by atoms with Crippen LogP contribution in [-0.4, -0.2) is 37.5 Å². The number of carbonyl (C=O) groups excluding carboxylic acids is 1. The minimum Gasteiger partial charge on any atom is -0.326 e. The van der Waals surface area contributed by atoms with Gasteiger partial charge in [0.25, 0.3) is 0 Å². The molecular formula is C17H26N2O3S. The van der Waals surface area contributed by atoms with Gasteiger partial charge in [0.2, 0.25) is 15.9 Å². The van der Waals surface area contributed by atoms with Gasteiger partial charge in [0.05, 0.1) is 5.75 Å². The lowest BCUT2D eigenvalue weighted by atomic mass is 9.97. The van der Waals surface area contributed by atoms with Crippen LogP contribution in [0.5, 0.6) is 0 Å². The lowest BCUT2D eigenvalue weighted by molar-refractivity contribution is -0.120. The molecule has 1 amide bonds. The Balaban J connectivity index is 1.92. The summed E-state index contributed by atoms with van der Waals surface area (Å²) in [5.41, 5.74) is 3.14. The van der Waals surface area contributed by atoms with Gasteiger partial charge in [-0.3, -0.25) is 4.79 Å². The highest BCUT2D eigenvalue weighted by Gasteiger charge is 2.30. The number of hydrogen-bond acceptors (Lipinski definition) is 3. The quantitative estimate of drug-likeness (QED) is 0.897. The minimum atomic E-state index is -3.15. The second-order valence-electron chi connectivity index (χ2n) is 6.28. The highest BCUT2D eigenvalue weighted by Crippen LogP contribution is 2.22. The molecular weight excluding hydrogens is 312 g/mol. The number of nitrogens with zero attached hydrogens (tertiary/aromatic N) is 1. The van der Waals surface area contributed by atoms with Gasteiger partial charge in [-0.25, -0.2) is 12.7 Å². The van der Waals surface area contributed by atoms with Crippen molar-refractivity contribution in [2.24, 2.45) is 5.92 Å². The van der Waals surface area contributed by atoms with Crippen LogP contribution in [0.1, 0.15) is 37.3 Å². The summed E-state index contributed by atoms with van der Waals surface area (Å²) >= 11 is 0. The topological polar surface area (TPSA) is 66.5 Å². The molecule has 0 unspecified atom stereocenters. The van der Waals surface area contributed by atoms with Crippen LogP contribution in [-0.2, 0) is 14.8 Å². The molecule has 6 heteroatoms. The van der Waals surface area contributed by atoms with E-state index in [4.69, 9.17) is 0 Å². The van der Waals surface area contributed by atoms with Crippen molar-refractivity contribution in [2.45, 2.75) is 40.0 Å². The number of piperidine rings is 1. The van der Waals surface area contributed by atoms with Crippen molar-refractivity contribution in [2.75, 3.05) is 24.2 Å². The Hall–Kier alpha value is -1.40.